The molecule has 14 nitrogen and oxygen atoms in total. The average Bonchev–Trinajstić information content (AvgIpc) is 2.95. The number of rotatable bonds is 26. The summed E-state index contributed by atoms with van der Waals surface area (Å²) >= 11 is 0. The van der Waals surface area contributed by atoms with Crippen molar-refractivity contribution in [3.63, 3.8) is 0 Å². The molecule has 0 aliphatic rings. The van der Waals surface area contributed by atoms with Gasteiger partial charge < -0.3 is 33.3 Å². The van der Waals surface area contributed by atoms with Gasteiger partial charge in [-0.3, -0.25) is 18.6 Å². The number of phosphoric ester groups is 1. The number of hydrogen-bond donors (Lipinski definition) is 1. The van der Waals surface area contributed by atoms with E-state index in [9.17, 15) is 28.6 Å². The molecule has 252 valence electrons. The molecule has 0 heterocycles. The summed E-state index contributed by atoms with van der Waals surface area (Å²) in [5.74, 6) is -1.21. The third-order valence-electron chi connectivity index (χ3n) is 5.78. The summed E-state index contributed by atoms with van der Waals surface area (Å²) < 4.78 is 51.4. The van der Waals surface area contributed by atoms with E-state index < -0.39 is 70.7 Å². The quantitative estimate of drug-likeness (QED) is 0.0501. The van der Waals surface area contributed by atoms with E-state index in [1.807, 2.05) is 0 Å². The van der Waals surface area contributed by atoms with Crippen molar-refractivity contribution in [1.82, 2.24) is 0 Å². The van der Waals surface area contributed by atoms with Crippen molar-refractivity contribution in [2.75, 3.05) is 39.6 Å². The predicted molar refractivity (Wildman–Crippen MR) is 154 cm³/mol. The fourth-order valence-electron chi connectivity index (χ4n) is 3.62. The first-order chi connectivity index (χ1) is 20.5. The van der Waals surface area contributed by atoms with Crippen molar-refractivity contribution < 1.29 is 66.1 Å². The Balaban J connectivity index is 4.66. The molecule has 0 fully saturated rings. The van der Waals surface area contributed by atoms with Gasteiger partial charge in [-0.25, -0.2) is 14.2 Å². The minimum absolute atomic E-state index is 0.00551. The van der Waals surface area contributed by atoms with Crippen LogP contribution in [0.4, 0.5) is 9.59 Å². The maximum Gasteiger partial charge on any atom is 0.508 e. The Morgan fingerprint density at radius 2 is 1.07 bits per heavy atom. The highest BCUT2D eigenvalue weighted by atomic mass is 31.2. The van der Waals surface area contributed by atoms with Crippen molar-refractivity contribution in [3.8, 4) is 0 Å². The fraction of sp³-hybridized carbons (Fsp3) is 0.857. The van der Waals surface area contributed by atoms with E-state index in [4.69, 9.17) is 28.0 Å². The van der Waals surface area contributed by atoms with Crippen molar-refractivity contribution in [1.29, 1.82) is 0 Å². The van der Waals surface area contributed by atoms with Gasteiger partial charge in [0, 0.05) is 13.3 Å². The van der Waals surface area contributed by atoms with Crippen LogP contribution in [0, 0.1) is 0 Å². The maximum absolute atomic E-state index is 12.4. The molecule has 43 heavy (non-hydrogen) atoms. The summed E-state index contributed by atoms with van der Waals surface area (Å²) in [7, 11) is -4.79. The highest BCUT2D eigenvalue weighted by Crippen LogP contribution is 2.43. The van der Waals surface area contributed by atoms with Crippen LogP contribution >= 0.6 is 7.82 Å². The smallest absolute Gasteiger partial charge is 0.462 e. The van der Waals surface area contributed by atoms with E-state index in [0.29, 0.717) is 6.42 Å². The summed E-state index contributed by atoms with van der Waals surface area (Å²) in [6.07, 6.45) is 7.83. The van der Waals surface area contributed by atoms with Crippen LogP contribution in [-0.4, -0.2) is 81.0 Å². The zero-order valence-electron chi connectivity index (χ0n) is 26.1. The highest BCUT2D eigenvalue weighted by Gasteiger charge is 2.29. The summed E-state index contributed by atoms with van der Waals surface area (Å²) in [6, 6.07) is 0. The number of carbonyl (C=O) groups excluding carboxylic acids is 4. The number of phosphoric acid groups is 1. The van der Waals surface area contributed by atoms with Gasteiger partial charge in [0.25, 0.3) is 0 Å². The second kappa shape index (κ2) is 26.0. The normalized spacial score (nSPS) is 13.7. The molecule has 1 N–H and O–H groups in total. The summed E-state index contributed by atoms with van der Waals surface area (Å²) in [6.45, 7) is 4.17. The molecule has 0 amide bonds. The highest BCUT2D eigenvalue weighted by molar-refractivity contribution is 7.47. The minimum Gasteiger partial charge on any atom is -0.462 e. The van der Waals surface area contributed by atoms with Crippen molar-refractivity contribution in [2.24, 2.45) is 0 Å². The lowest BCUT2D eigenvalue weighted by molar-refractivity contribution is -0.160. The molecule has 0 spiro atoms. The molecule has 15 heteroatoms. The molecule has 0 bridgehead atoms. The van der Waals surface area contributed by atoms with Crippen LogP contribution < -0.4 is 0 Å². The molecule has 0 aromatic carbocycles. The number of esters is 2. The second-order valence-corrected chi connectivity index (χ2v) is 11.1. The van der Waals surface area contributed by atoms with Gasteiger partial charge in [-0.1, -0.05) is 71.1 Å². The molecule has 0 aliphatic heterocycles. The van der Waals surface area contributed by atoms with E-state index in [2.05, 4.69) is 16.4 Å². The number of unbranched alkanes of at least 4 members (excludes halogenated alkanes) is 10. The summed E-state index contributed by atoms with van der Waals surface area (Å²) in [4.78, 5) is 56.8. The summed E-state index contributed by atoms with van der Waals surface area (Å²) in [5, 5.41) is 0. The number of ether oxygens (including phenoxy) is 6. The first kappa shape index (κ1) is 40.6. The van der Waals surface area contributed by atoms with Crippen LogP contribution in [0.15, 0.2) is 0 Å². The minimum atomic E-state index is -4.79. The largest absolute Gasteiger partial charge is 0.508 e. The Bertz CT molecular complexity index is 821. The predicted octanol–water partition coefficient (Wildman–Crippen LogP) is 6.01. The lowest BCUT2D eigenvalue weighted by Gasteiger charge is -2.21. The van der Waals surface area contributed by atoms with Crippen LogP contribution in [0.2, 0.25) is 0 Å². The van der Waals surface area contributed by atoms with Gasteiger partial charge in [-0.15, -0.1) is 0 Å². The van der Waals surface area contributed by atoms with Crippen molar-refractivity contribution in [2.45, 2.75) is 117 Å². The Kier molecular flexibility index (Phi) is 24.6. The van der Waals surface area contributed by atoms with Gasteiger partial charge in [-0.05, 0) is 20.3 Å². The monoisotopic (exact) mass is 642 g/mol. The van der Waals surface area contributed by atoms with Gasteiger partial charge in [0.2, 0.25) is 0 Å². The van der Waals surface area contributed by atoms with E-state index in [-0.39, 0.29) is 19.6 Å². The molecular weight excluding hydrogens is 591 g/mol. The Hall–Kier alpha value is -2.41. The molecule has 0 radical (unpaired) electrons. The first-order valence-electron chi connectivity index (χ1n) is 15.1. The Morgan fingerprint density at radius 1 is 0.605 bits per heavy atom. The Labute approximate surface area is 254 Å². The van der Waals surface area contributed by atoms with E-state index in [1.165, 1.54) is 51.9 Å². The van der Waals surface area contributed by atoms with E-state index in [1.54, 1.807) is 6.92 Å². The van der Waals surface area contributed by atoms with Gasteiger partial charge in [-0.2, -0.15) is 0 Å². The first-order valence-corrected chi connectivity index (χ1v) is 16.6. The average molecular weight is 643 g/mol. The SMILES string of the molecule is CCCCCCCCCCCCCC(=O)O[C@H](COC(C)=O)COP(=O)(O)OCC(COC(=O)OCC)OC(=O)OCC. The number of carbonyl (C=O) groups is 4. The zero-order valence-corrected chi connectivity index (χ0v) is 27.0. The van der Waals surface area contributed by atoms with Crippen LogP contribution in [0.1, 0.15) is 105 Å². The molecule has 0 saturated heterocycles. The molecule has 0 aliphatic carbocycles. The molecule has 0 aromatic heterocycles. The Morgan fingerprint density at radius 3 is 1.58 bits per heavy atom. The summed E-state index contributed by atoms with van der Waals surface area (Å²) in [5.41, 5.74) is 0. The molecular formula is C28H51O14P. The van der Waals surface area contributed by atoms with Crippen molar-refractivity contribution >= 4 is 32.1 Å². The van der Waals surface area contributed by atoms with Crippen molar-refractivity contribution in [3.05, 3.63) is 0 Å². The molecule has 3 atom stereocenters. The van der Waals surface area contributed by atoms with E-state index >= 15 is 0 Å². The zero-order chi connectivity index (χ0) is 32.3. The van der Waals surface area contributed by atoms with Crippen LogP contribution in [0.5, 0.6) is 0 Å². The van der Waals surface area contributed by atoms with Gasteiger partial charge in [0.1, 0.15) is 13.2 Å². The van der Waals surface area contributed by atoms with Crippen LogP contribution in [-0.2, 0) is 51.6 Å². The van der Waals surface area contributed by atoms with Gasteiger partial charge in [0.15, 0.2) is 12.2 Å². The third kappa shape index (κ3) is 25.8. The van der Waals surface area contributed by atoms with Gasteiger partial charge in [0.05, 0.1) is 26.4 Å². The topological polar surface area (TPSA) is 179 Å². The fourth-order valence-corrected chi connectivity index (χ4v) is 4.41. The molecule has 2 unspecified atom stereocenters. The van der Waals surface area contributed by atoms with Crippen LogP contribution in [0.25, 0.3) is 0 Å². The standard InChI is InChI=1S/C28H51O14P/c1-5-8-9-10-11-12-13-14-15-16-17-18-26(30)41-24(19-37-23(4)29)21-39-43(33,34)40-22-25(42-28(32)36-7-3)20-38-27(31)35-6-2/h24-25H,5-22H2,1-4H3,(H,33,34)/t24-,25?/m1/s1. The van der Waals surface area contributed by atoms with Gasteiger partial charge >= 0.3 is 32.1 Å². The molecule has 0 aromatic rings. The van der Waals surface area contributed by atoms with E-state index in [0.717, 1.165) is 26.2 Å². The lowest BCUT2D eigenvalue weighted by Crippen LogP contribution is -2.31. The second-order valence-electron chi connectivity index (χ2n) is 9.68. The third-order valence-corrected chi connectivity index (χ3v) is 6.73. The maximum atomic E-state index is 12.4. The molecule has 0 rings (SSSR count). The lowest BCUT2D eigenvalue weighted by atomic mass is 10.1. The number of hydrogen-bond acceptors (Lipinski definition) is 13. The van der Waals surface area contributed by atoms with Crippen LogP contribution in [0.3, 0.4) is 0 Å². The molecule has 0 saturated carbocycles.